The third-order valence-electron chi connectivity index (χ3n) is 3.31. The Morgan fingerprint density at radius 1 is 1.24 bits per heavy atom. The molecular weight excluding hydrogens is 214 g/mol. The van der Waals surface area contributed by atoms with E-state index < -0.39 is 0 Å². The molecule has 4 nitrogen and oxygen atoms in total. The fourth-order valence-electron chi connectivity index (χ4n) is 2.48. The van der Waals surface area contributed by atoms with Crippen molar-refractivity contribution in [3.05, 3.63) is 51.3 Å². The molecule has 0 spiro atoms. The van der Waals surface area contributed by atoms with Crippen LogP contribution in [0, 0.1) is 0 Å². The molecule has 4 heteroatoms. The average molecular weight is 229 g/mol. The second kappa shape index (κ2) is 3.80. The Kier molecular flexibility index (Phi) is 2.28. The maximum Gasteiger partial charge on any atom is 0.268 e. The van der Waals surface area contributed by atoms with Crippen molar-refractivity contribution in [3.8, 4) is 0 Å². The molecule has 1 heterocycles. The number of hydrogen-bond acceptors (Lipinski definition) is 2. The number of nitrogens with one attached hydrogen (secondary N) is 1. The maximum atomic E-state index is 11.5. The first kappa shape index (κ1) is 10.2. The molecule has 0 amide bonds. The summed E-state index contributed by atoms with van der Waals surface area (Å²) in [5.74, 6) is 0.413. The number of aryl methyl sites for hydroxylation is 2. The van der Waals surface area contributed by atoms with Crippen LogP contribution in [-0.4, -0.2) is 9.78 Å². The maximum absolute atomic E-state index is 11.5. The van der Waals surface area contributed by atoms with Crippen LogP contribution in [0.5, 0.6) is 0 Å². The molecule has 17 heavy (non-hydrogen) atoms. The molecule has 0 bridgehead atoms. The van der Waals surface area contributed by atoms with Crippen molar-refractivity contribution in [2.24, 2.45) is 0 Å². The van der Waals surface area contributed by atoms with Gasteiger partial charge >= 0.3 is 0 Å². The first-order chi connectivity index (χ1) is 8.22. The number of nitrogen functional groups attached to an aromatic ring is 1. The summed E-state index contributed by atoms with van der Waals surface area (Å²) in [5, 5.41) is 2.84. The number of fused-ring (bicyclic) bond motifs is 1. The molecule has 1 aliphatic rings. The molecule has 1 aliphatic carbocycles. The number of benzene rings is 1. The summed E-state index contributed by atoms with van der Waals surface area (Å²) in [7, 11) is 0. The van der Waals surface area contributed by atoms with Gasteiger partial charge in [0.2, 0.25) is 0 Å². The molecule has 1 aromatic heterocycles. The molecule has 3 rings (SSSR count). The number of aromatic amines is 1. The highest BCUT2D eigenvalue weighted by molar-refractivity contribution is 5.35. The second-order valence-corrected chi connectivity index (χ2v) is 4.59. The fraction of sp³-hybridized carbons (Fsp3) is 0.308. The lowest BCUT2D eigenvalue weighted by molar-refractivity contribution is 0.666. The van der Waals surface area contributed by atoms with Crippen molar-refractivity contribution in [1.82, 2.24) is 9.78 Å². The molecule has 0 aliphatic heterocycles. The third-order valence-corrected chi connectivity index (χ3v) is 3.31. The zero-order valence-corrected chi connectivity index (χ0v) is 9.57. The Morgan fingerprint density at radius 3 is 2.82 bits per heavy atom. The molecule has 2 aromatic rings. The van der Waals surface area contributed by atoms with Gasteiger partial charge in [0.1, 0.15) is 5.82 Å². The number of rotatable bonds is 2. The van der Waals surface area contributed by atoms with E-state index in [0.717, 1.165) is 12.0 Å². The first-order valence-corrected chi connectivity index (χ1v) is 5.88. The van der Waals surface area contributed by atoms with Crippen LogP contribution in [0.1, 0.15) is 23.1 Å². The third kappa shape index (κ3) is 1.86. The van der Waals surface area contributed by atoms with Crippen LogP contribution < -0.4 is 11.3 Å². The lowest BCUT2D eigenvalue weighted by Crippen LogP contribution is -2.16. The van der Waals surface area contributed by atoms with Crippen LogP contribution in [-0.2, 0) is 19.4 Å². The predicted octanol–water partition coefficient (Wildman–Crippen LogP) is 1.30. The topological polar surface area (TPSA) is 63.8 Å². The molecule has 1 aromatic carbocycles. The van der Waals surface area contributed by atoms with E-state index in [2.05, 4.69) is 23.3 Å². The molecule has 0 fully saturated rings. The van der Waals surface area contributed by atoms with Crippen LogP contribution in [0.15, 0.2) is 29.1 Å². The normalized spacial score (nSPS) is 13.9. The molecule has 3 N–H and O–H groups in total. The molecule has 0 unspecified atom stereocenters. The van der Waals surface area contributed by atoms with Gasteiger partial charge in [-0.1, -0.05) is 18.2 Å². The highest BCUT2D eigenvalue weighted by Gasteiger charge is 2.11. The molecule has 0 saturated heterocycles. The van der Waals surface area contributed by atoms with Gasteiger partial charge in [0, 0.05) is 6.07 Å². The van der Waals surface area contributed by atoms with Crippen molar-refractivity contribution >= 4 is 5.82 Å². The van der Waals surface area contributed by atoms with Crippen molar-refractivity contribution in [1.29, 1.82) is 0 Å². The predicted molar refractivity (Wildman–Crippen MR) is 67.0 cm³/mol. The minimum Gasteiger partial charge on any atom is -0.384 e. The summed E-state index contributed by atoms with van der Waals surface area (Å²) in [4.78, 5) is 11.5. The SMILES string of the molecule is Nc1cc(=O)n(Cc2ccc3c(c2)CCC3)[nH]1. The van der Waals surface area contributed by atoms with Gasteiger partial charge in [0.25, 0.3) is 5.56 Å². The zero-order valence-electron chi connectivity index (χ0n) is 9.57. The summed E-state index contributed by atoms with van der Waals surface area (Å²) in [6.07, 6.45) is 3.59. The van der Waals surface area contributed by atoms with Gasteiger partial charge in [-0.2, -0.15) is 0 Å². The van der Waals surface area contributed by atoms with E-state index in [-0.39, 0.29) is 5.56 Å². The Balaban J connectivity index is 1.91. The van der Waals surface area contributed by atoms with Crippen LogP contribution in [0.4, 0.5) is 5.82 Å². The van der Waals surface area contributed by atoms with Crippen LogP contribution in [0.3, 0.4) is 0 Å². The molecule has 0 radical (unpaired) electrons. The number of H-pyrrole nitrogens is 1. The Hall–Kier alpha value is -1.97. The Labute approximate surface area is 99.1 Å². The second-order valence-electron chi connectivity index (χ2n) is 4.59. The summed E-state index contributed by atoms with van der Waals surface area (Å²) >= 11 is 0. The van der Waals surface area contributed by atoms with Gasteiger partial charge in [0.05, 0.1) is 6.54 Å². The number of nitrogens with zero attached hydrogens (tertiary/aromatic N) is 1. The summed E-state index contributed by atoms with van der Waals surface area (Å²) in [6.45, 7) is 0.559. The van der Waals surface area contributed by atoms with E-state index in [1.54, 1.807) is 0 Å². The Morgan fingerprint density at radius 2 is 2.06 bits per heavy atom. The van der Waals surface area contributed by atoms with E-state index in [9.17, 15) is 4.79 Å². The van der Waals surface area contributed by atoms with Crippen molar-refractivity contribution < 1.29 is 0 Å². The van der Waals surface area contributed by atoms with Gasteiger partial charge in [-0.15, -0.1) is 0 Å². The van der Waals surface area contributed by atoms with E-state index in [0.29, 0.717) is 12.4 Å². The molecule has 88 valence electrons. The van der Waals surface area contributed by atoms with Gasteiger partial charge in [-0.3, -0.25) is 9.89 Å². The first-order valence-electron chi connectivity index (χ1n) is 5.88. The summed E-state index contributed by atoms with van der Waals surface area (Å²) in [6, 6.07) is 7.88. The lowest BCUT2D eigenvalue weighted by Gasteiger charge is -2.05. The Bertz CT molecular complexity index is 609. The number of aromatic nitrogens is 2. The average Bonchev–Trinajstić information content (AvgIpc) is 2.85. The number of hydrogen-bond donors (Lipinski definition) is 2. The highest BCUT2D eigenvalue weighted by atomic mass is 16.1. The van der Waals surface area contributed by atoms with E-state index in [1.807, 2.05) is 0 Å². The molecular formula is C13H15N3O. The van der Waals surface area contributed by atoms with E-state index >= 15 is 0 Å². The van der Waals surface area contributed by atoms with Gasteiger partial charge in [0.15, 0.2) is 0 Å². The van der Waals surface area contributed by atoms with Gasteiger partial charge < -0.3 is 5.73 Å². The van der Waals surface area contributed by atoms with E-state index in [1.165, 1.54) is 34.7 Å². The zero-order chi connectivity index (χ0) is 11.8. The van der Waals surface area contributed by atoms with Crippen LogP contribution >= 0.6 is 0 Å². The van der Waals surface area contributed by atoms with Gasteiger partial charge in [-0.25, -0.2) is 4.68 Å². The highest BCUT2D eigenvalue weighted by Crippen LogP contribution is 2.22. The van der Waals surface area contributed by atoms with Gasteiger partial charge in [-0.05, 0) is 36.0 Å². The minimum atomic E-state index is -0.0806. The van der Waals surface area contributed by atoms with Crippen molar-refractivity contribution in [3.63, 3.8) is 0 Å². The number of nitrogens with two attached hydrogens (primary N) is 1. The van der Waals surface area contributed by atoms with E-state index in [4.69, 9.17) is 5.73 Å². The number of anilines is 1. The lowest BCUT2D eigenvalue weighted by atomic mass is 10.1. The van der Waals surface area contributed by atoms with Crippen LogP contribution in [0.25, 0.3) is 0 Å². The standard InChI is InChI=1S/C13H15N3O/c14-12-7-13(17)16(15-12)8-9-4-5-10-2-1-3-11(10)6-9/h4-7,15H,1-3,8,14H2. The smallest absolute Gasteiger partial charge is 0.268 e. The van der Waals surface area contributed by atoms with Crippen LogP contribution in [0.2, 0.25) is 0 Å². The van der Waals surface area contributed by atoms with Crippen molar-refractivity contribution in [2.45, 2.75) is 25.8 Å². The molecule has 0 atom stereocenters. The summed E-state index contributed by atoms with van der Waals surface area (Å²) in [5.41, 5.74) is 9.49. The monoisotopic (exact) mass is 229 g/mol. The minimum absolute atomic E-state index is 0.0806. The fourth-order valence-corrected chi connectivity index (χ4v) is 2.48. The molecule has 0 saturated carbocycles. The largest absolute Gasteiger partial charge is 0.384 e. The van der Waals surface area contributed by atoms with Crippen molar-refractivity contribution in [2.75, 3.05) is 5.73 Å². The summed E-state index contributed by atoms with van der Waals surface area (Å²) < 4.78 is 1.53. The quantitative estimate of drug-likeness (QED) is 0.815.